The molecule has 3 rings (SSSR count). The van der Waals surface area contributed by atoms with E-state index in [2.05, 4.69) is 9.83 Å². The van der Waals surface area contributed by atoms with Gasteiger partial charge in [-0.15, -0.1) is 11.3 Å². The van der Waals surface area contributed by atoms with E-state index in [0.717, 1.165) is 26.4 Å². The Balaban J connectivity index is 1.97. The molecule has 4 nitrogen and oxygen atoms in total. The molecule has 0 saturated carbocycles. The van der Waals surface area contributed by atoms with Crippen molar-refractivity contribution in [3.05, 3.63) is 65.1 Å². The molecule has 0 bridgehead atoms. The summed E-state index contributed by atoms with van der Waals surface area (Å²) in [5.74, 6) is 0.228. The van der Waals surface area contributed by atoms with Crippen LogP contribution in [0.15, 0.2) is 48.2 Å². The molecule has 3 aromatic rings. The fourth-order valence-corrected chi connectivity index (χ4v) is 3.01. The summed E-state index contributed by atoms with van der Waals surface area (Å²) in [6.07, 6.45) is 1.55. The molecule has 5 heteroatoms. The average molecular weight is 303 g/mol. The number of aromatic nitrogens is 1. The monoisotopic (exact) mass is 303 g/mol. The van der Waals surface area contributed by atoms with Gasteiger partial charge in [-0.05, 0) is 29.8 Å². The highest BCUT2D eigenvalue weighted by atomic mass is 32.1. The highest BCUT2D eigenvalue weighted by Gasteiger charge is 2.07. The molecule has 0 radical (unpaired) electrons. The molecule has 0 fully saturated rings. The molecule has 0 saturated heterocycles. The van der Waals surface area contributed by atoms with Gasteiger partial charge in [0, 0.05) is 5.56 Å². The van der Waals surface area contributed by atoms with E-state index in [1.54, 1.807) is 24.3 Å². The zero-order valence-electron chi connectivity index (χ0n) is 11.3. The van der Waals surface area contributed by atoms with E-state index in [4.69, 9.17) is 11.8 Å². The maximum absolute atomic E-state index is 9.50. The summed E-state index contributed by atoms with van der Waals surface area (Å²) in [5, 5.41) is 19.1. The van der Waals surface area contributed by atoms with Gasteiger partial charge in [-0.1, -0.05) is 24.3 Å². The third-order valence-electron chi connectivity index (χ3n) is 3.07. The molecule has 1 heterocycles. The molecule has 0 aliphatic carbocycles. The Hall–Kier alpha value is -3.15. The molecule has 22 heavy (non-hydrogen) atoms. The number of hydrogen-bond acceptors (Lipinski definition) is 4. The molecule has 0 amide bonds. The number of phenolic OH excluding ortho intramolecular Hbond substituents is 1. The fraction of sp³-hybridized carbons (Fsp3) is 0. The van der Waals surface area contributed by atoms with Crippen LogP contribution in [0.1, 0.15) is 5.56 Å². The van der Waals surface area contributed by atoms with Gasteiger partial charge in [-0.3, -0.25) is 0 Å². The first-order chi connectivity index (χ1) is 10.7. The Morgan fingerprint density at radius 2 is 2.05 bits per heavy atom. The largest absolute Gasteiger partial charge is 0.508 e. The van der Waals surface area contributed by atoms with Gasteiger partial charge in [0.15, 0.2) is 0 Å². The highest BCUT2D eigenvalue weighted by molar-refractivity contribution is 7.21. The van der Waals surface area contributed by atoms with Crippen LogP contribution in [-0.4, -0.2) is 10.1 Å². The first-order valence-electron chi connectivity index (χ1n) is 6.39. The van der Waals surface area contributed by atoms with Gasteiger partial charge in [0.05, 0.1) is 22.9 Å². The Labute approximate surface area is 131 Å². The normalized spacial score (nSPS) is 11.1. The van der Waals surface area contributed by atoms with E-state index < -0.39 is 0 Å². The molecule has 0 aliphatic heterocycles. The van der Waals surface area contributed by atoms with E-state index in [-0.39, 0.29) is 11.4 Å². The van der Waals surface area contributed by atoms with Crippen LogP contribution in [-0.2, 0) is 0 Å². The number of aromatic hydroxyl groups is 1. The van der Waals surface area contributed by atoms with Crippen molar-refractivity contribution in [1.29, 1.82) is 5.26 Å². The van der Waals surface area contributed by atoms with Crippen molar-refractivity contribution < 1.29 is 5.11 Å². The van der Waals surface area contributed by atoms with Gasteiger partial charge < -0.3 is 5.11 Å². The summed E-state index contributed by atoms with van der Waals surface area (Å²) in [4.78, 5) is 7.67. The Morgan fingerprint density at radius 3 is 2.73 bits per heavy atom. The summed E-state index contributed by atoms with van der Waals surface area (Å²) in [7, 11) is 0. The average Bonchev–Trinajstić information content (AvgIpc) is 2.96. The Morgan fingerprint density at radius 1 is 1.27 bits per heavy atom. The van der Waals surface area contributed by atoms with Crippen LogP contribution in [0.5, 0.6) is 5.75 Å². The first kappa shape index (κ1) is 13.8. The predicted octanol–water partition coefficient (Wildman–Crippen LogP) is 4.45. The molecule has 0 unspecified atom stereocenters. The number of benzene rings is 2. The topological polar surface area (TPSA) is 61.3 Å². The molecular formula is C17H9N3OS. The highest BCUT2D eigenvalue weighted by Crippen LogP contribution is 2.32. The van der Waals surface area contributed by atoms with Crippen LogP contribution in [0.4, 0.5) is 0 Å². The van der Waals surface area contributed by atoms with Crippen LogP contribution in [0, 0.1) is 17.9 Å². The molecule has 2 aromatic carbocycles. The summed E-state index contributed by atoms with van der Waals surface area (Å²) in [6, 6.07) is 14.5. The van der Waals surface area contributed by atoms with Crippen molar-refractivity contribution in [3.8, 4) is 22.4 Å². The number of rotatable bonds is 2. The minimum atomic E-state index is 0.0585. The van der Waals surface area contributed by atoms with Crippen molar-refractivity contribution >= 4 is 27.6 Å². The lowest BCUT2D eigenvalue weighted by Crippen LogP contribution is -1.78. The summed E-state index contributed by atoms with van der Waals surface area (Å²) in [6.45, 7) is 6.87. The third kappa shape index (κ3) is 2.67. The van der Waals surface area contributed by atoms with E-state index in [1.807, 2.05) is 30.3 Å². The van der Waals surface area contributed by atoms with Crippen molar-refractivity contribution in [3.63, 3.8) is 0 Å². The lowest BCUT2D eigenvalue weighted by atomic mass is 10.1. The fourth-order valence-electron chi connectivity index (χ4n) is 2.01. The standard InChI is InChI=1S/C17H9N3OS/c1-19-13(10-18)8-11-2-4-12(5-3-11)17-20-15-7-6-14(21)9-16(15)22-17/h2-9,21H/b13-8-. The minimum absolute atomic E-state index is 0.0585. The van der Waals surface area contributed by atoms with Crippen LogP contribution < -0.4 is 0 Å². The second kappa shape index (κ2) is 5.69. The molecular weight excluding hydrogens is 294 g/mol. The summed E-state index contributed by atoms with van der Waals surface area (Å²) >= 11 is 1.51. The Kier molecular flexibility index (Phi) is 3.57. The van der Waals surface area contributed by atoms with Crippen LogP contribution in [0.25, 0.3) is 31.7 Å². The van der Waals surface area contributed by atoms with Gasteiger partial charge >= 0.3 is 0 Å². The van der Waals surface area contributed by atoms with Crippen LogP contribution in [0.2, 0.25) is 0 Å². The zero-order valence-corrected chi connectivity index (χ0v) is 12.1. The first-order valence-corrected chi connectivity index (χ1v) is 7.20. The lowest BCUT2D eigenvalue weighted by Gasteiger charge is -1.97. The third-order valence-corrected chi connectivity index (χ3v) is 4.14. The molecule has 1 N–H and O–H groups in total. The van der Waals surface area contributed by atoms with E-state index in [9.17, 15) is 5.11 Å². The van der Waals surface area contributed by atoms with Gasteiger partial charge in [0.1, 0.15) is 10.8 Å². The SMILES string of the molecule is [C-]#[N+]/C(C#N)=C\c1ccc(-c2nc3ccc(O)cc3s2)cc1. The van der Waals surface area contributed by atoms with Gasteiger partial charge in [-0.2, -0.15) is 0 Å². The van der Waals surface area contributed by atoms with Gasteiger partial charge in [-0.25, -0.2) is 15.1 Å². The molecule has 1 aromatic heterocycles. The minimum Gasteiger partial charge on any atom is -0.508 e. The molecule has 104 valence electrons. The number of thiazole rings is 1. The van der Waals surface area contributed by atoms with Crippen LogP contribution in [0.3, 0.4) is 0 Å². The number of hydrogen-bond donors (Lipinski definition) is 1. The van der Waals surface area contributed by atoms with Crippen LogP contribution >= 0.6 is 11.3 Å². The molecule has 0 atom stereocenters. The van der Waals surface area contributed by atoms with Crippen molar-refractivity contribution in [2.24, 2.45) is 0 Å². The van der Waals surface area contributed by atoms with Gasteiger partial charge in [0.2, 0.25) is 0 Å². The summed E-state index contributed by atoms with van der Waals surface area (Å²) < 4.78 is 0.929. The molecule has 0 aliphatic rings. The predicted molar refractivity (Wildman–Crippen MR) is 86.9 cm³/mol. The number of phenols is 1. The van der Waals surface area contributed by atoms with E-state index in [1.165, 1.54) is 11.3 Å². The summed E-state index contributed by atoms with van der Waals surface area (Å²) in [5.41, 5.74) is 2.67. The lowest BCUT2D eigenvalue weighted by molar-refractivity contribution is 0.476. The number of nitriles is 1. The van der Waals surface area contributed by atoms with E-state index >= 15 is 0 Å². The molecule has 0 spiro atoms. The number of nitrogens with zero attached hydrogens (tertiary/aromatic N) is 3. The maximum atomic E-state index is 9.50. The number of allylic oxidation sites excluding steroid dienone is 1. The second-order valence-electron chi connectivity index (χ2n) is 4.55. The second-order valence-corrected chi connectivity index (χ2v) is 5.58. The zero-order chi connectivity index (χ0) is 15.5. The Bertz CT molecular complexity index is 940. The van der Waals surface area contributed by atoms with Crippen molar-refractivity contribution in [1.82, 2.24) is 4.98 Å². The quantitative estimate of drug-likeness (QED) is 0.562. The smallest absolute Gasteiger partial charge is 0.262 e. The maximum Gasteiger partial charge on any atom is 0.262 e. The van der Waals surface area contributed by atoms with Crippen molar-refractivity contribution in [2.45, 2.75) is 0 Å². The van der Waals surface area contributed by atoms with E-state index in [0.29, 0.717) is 0 Å². The van der Waals surface area contributed by atoms with Gasteiger partial charge in [0.25, 0.3) is 5.70 Å². The number of fused-ring (bicyclic) bond motifs is 1. The van der Waals surface area contributed by atoms with Crippen molar-refractivity contribution in [2.75, 3.05) is 0 Å².